The van der Waals surface area contributed by atoms with Gasteiger partial charge < -0.3 is 15.5 Å². The second-order valence-corrected chi connectivity index (χ2v) is 6.57. The second kappa shape index (κ2) is 11.5. The second-order valence-electron chi connectivity index (χ2n) is 6.57. The van der Waals surface area contributed by atoms with E-state index in [-0.39, 0.29) is 36.6 Å². The van der Waals surface area contributed by atoms with Crippen molar-refractivity contribution in [2.24, 2.45) is 5.92 Å². The fourth-order valence-corrected chi connectivity index (χ4v) is 3.60. The van der Waals surface area contributed by atoms with E-state index >= 15 is 0 Å². The largest absolute Gasteiger partial charge is 0.353 e. The average molecular weight is 354 g/mol. The molecule has 132 valence electrons. The Morgan fingerprint density at radius 1 is 1.09 bits per heavy atom. The van der Waals surface area contributed by atoms with Crippen LogP contribution in [0.1, 0.15) is 51.9 Å². The molecule has 1 saturated heterocycles. The van der Waals surface area contributed by atoms with E-state index in [1.165, 1.54) is 32.1 Å². The number of carbonyl (C=O) groups is 1. The number of likely N-dealkylation sites (tertiary alicyclic amines) is 1. The smallest absolute Gasteiger partial charge is 0.224 e. The molecule has 0 aromatic carbocycles. The molecule has 2 rings (SSSR count). The monoisotopic (exact) mass is 353 g/mol. The maximum absolute atomic E-state index is 12.0. The van der Waals surface area contributed by atoms with Crippen molar-refractivity contribution in [3.63, 3.8) is 0 Å². The van der Waals surface area contributed by atoms with Crippen LogP contribution < -0.4 is 10.6 Å². The molecule has 22 heavy (non-hydrogen) atoms. The normalized spacial score (nSPS) is 22.3. The highest BCUT2D eigenvalue weighted by Crippen LogP contribution is 2.25. The number of rotatable bonds is 5. The van der Waals surface area contributed by atoms with E-state index in [9.17, 15) is 4.79 Å². The van der Waals surface area contributed by atoms with E-state index in [4.69, 9.17) is 0 Å². The van der Waals surface area contributed by atoms with E-state index in [0.717, 1.165) is 38.5 Å². The molecule has 0 aromatic rings. The maximum atomic E-state index is 12.0. The van der Waals surface area contributed by atoms with Gasteiger partial charge >= 0.3 is 0 Å². The fourth-order valence-electron chi connectivity index (χ4n) is 3.60. The summed E-state index contributed by atoms with van der Waals surface area (Å²) in [6.07, 6.45) is 9.24. The van der Waals surface area contributed by atoms with Crippen molar-refractivity contribution < 1.29 is 4.79 Å². The van der Waals surface area contributed by atoms with Gasteiger partial charge in [0.05, 0.1) is 0 Å². The lowest BCUT2D eigenvalue weighted by Gasteiger charge is -2.39. The number of carbonyl (C=O) groups excluding carboxylic acids is 1. The van der Waals surface area contributed by atoms with Crippen LogP contribution in [0, 0.1) is 5.92 Å². The standard InChI is InChI=1S/C16H31N3O.2ClH/c1-13(12-17-2)16(20)18-14-8-10-19(11-9-14)15-6-4-3-5-7-15;;/h13-15,17H,3-12H2,1-2H3,(H,18,20);2*1H. The lowest BCUT2D eigenvalue weighted by atomic mass is 9.92. The van der Waals surface area contributed by atoms with Crippen LogP contribution in [0.4, 0.5) is 0 Å². The predicted octanol–water partition coefficient (Wildman–Crippen LogP) is 2.60. The molecule has 6 heteroatoms. The van der Waals surface area contributed by atoms with Gasteiger partial charge in [-0.25, -0.2) is 0 Å². The summed E-state index contributed by atoms with van der Waals surface area (Å²) in [5.74, 6) is 0.270. The molecule has 1 atom stereocenters. The van der Waals surface area contributed by atoms with Crippen LogP contribution in [0.5, 0.6) is 0 Å². The van der Waals surface area contributed by atoms with Crippen LogP contribution >= 0.6 is 24.8 Å². The van der Waals surface area contributed by atoms with Crippen molar-refractivity contribution in [3.05, 3.63) is 0 Å². The highest BCUT2D eigenvalue weighted by Gasteiger charge is 2.27. The molecule has 0 aromatic heterocycles. The number of nitrogens with zero attached hydrogens (tertiary/aromatic N) is 1. The van der Waals surface area contributed by atoms with Gasteiger partial charge in [-0.2, -0.15) is 0 Å². The molecule has 0 bridgehead atoms. The molecule has 1 unspecified atom stereocenters. The quantitative estimate of drug-likeness (QED) is 0.798. The van der Waals surface area contributed by atoms with Crippen molar-refractivity contribution in [3.8, 4) is 0 Å². The summed E-state index contributed by atoms with van der Waals surface area (Å²) in [5, 5.41) is 6.29. The third-order valence-corrected chi connectivity index (χ3v) is 4.92. The predicted molar refractivity (Wildman–Crippen MR) is 97.2 cm³/mol. The van der Waals surface area contributed by atoms with E-state index < -0.39 is 0 Å². The van der Waals surface area contributed by atoms with Crippen molar-refractivity contribution in [2.45, 2.75) is 64.0 Å². The first-order valence-corrected chi connectivity index (χ1v) is 8.39. The molecule has 0 radical (unpaired) electrons. The van der Waals surface area contributed by atoms with Gasteiger partial charge in [0.2, 0.25) is 5.91 Å². The molecule has 2 fully saturated rings. The number of hydrogen-bond acceptors (Lipinski definition) is 3. The van der Waals surface area contributed by atoms with Crippen LogP contribution in [0.3, 0.4) is 0 Å². The first kappa shape index (κ1) is 22.0. The minimum atomic E-state index is 0. The van der Waals surface area contributed by atoms with E-state index in [1.807, 2.05) is 14.0 Å². The van der Waals surface area contributed by atoms with Crippen molar-refractivity contribution >= 4 is 30.7 Å². The minimum Gasteiger partial charge on any atom is -0.353 e. The molecule has 1 heterocycles. The summed E-state index contributed by atoms with van der Waals surface area (Å²) in [7, 11) is 1.90. The van der Waals surface area contributed by atoms with Gasteiger partial charge in [-0.05, 0) is 32.7 Å². The van der Waals surface area contributed by atoms with Crippen LogP contribution in [0.25, 0.3) is 0 Å². The van der Waals surface area contributed by atoms with E-state index in [2.05, 4.69) is 15.5 Å². The maximum Gasteiger partial charge on any atom is 0.224 e. The van der Waals surface area contributed by atoms with Crippen LogP contribution in [-0.2, 0) is 4.79 Å². The third-order valence-electron chi connectivity index (χ3n) is 4.92. The fraction of sp³-hybridized carbons (Fsp3) is 0.938. The SMILES string of the molecule is CNCC(C)C(=O)NC1CCN(C2CCCCC2)CC1.Cl.Cl. The highest BCUT2D eigenvalue weighted by atomic mass is 35.5. The number of hydrogen-bond donors (Lipinski definition) is 2. The number of piperidine rings is 1. The summed E-state index contributed by atoms with van der Waals surface area (Å²) in [6.45, 7) is 5.07. The highest BCUT2D eigenvalue weighted by molar-refractivity contribution is 5.85. The zero-order valence-corrected chi connectivity index (χ0v) is 15.6. The summed E-state index contributed by atoms with van der Waals surface area (Å²) >= 11 is 0. The molecule has 1 aliphatic heterocycles. The van der Waals surface area contributed by atoms with Crippen LogP contribution in [0.2, 0.25) is 0 Å². The van der Waals surface area contributed by atoms with Gasteiger partial charge in [0.15, 0.2) is 0 Å². The van der Waals surface area contributed by atoms with E-state index in [0.29, 0.717) is 6.04 Å². The van der Waals surface area contributed by atoms with Gasteiger partial charge in [-0.1, -0.05) is 26.2 Å². The Labute approximate surface area is 148 Å². The van der Waals surface area contributed by atoms with Gasteiger partial charge in [0.1, 0.15) is 0 Å². The van der Waals surface area contributed by atoms with Crippen LogP contribution in [-0.4, -0.2) is 49.6 Å². The van der Waals surface area contributed by atoms with Gasteiger partial charge in [-0.15, -0.1) is 24.8 Å². The molecule has 2 aliphatic rings. The number of halogens is 2. The first-order chi connectivity index (χ1) is 9.70. The lowest BCUT2D eigenvalue weighted by molar-refractivity contribution is -0.125. The molecule has 1 saturated carbocycles. The van der Waals surface area contributed by atoms with Crippen LogP contribution in [0.15, 0.2) is 0 Å². The Kier molecular flexibility index (Phi) is 11.5. The minimum absolute atomic E-state index is 0. The molecule has 2 N–H and O–H groups in total. The molecule has 1 aliphatic carbocycles. The Morgan fingerprint density at radius 2 is 1.68 bits per heavy atom. The zero-order chi connectivity index (χ0) is 14.4. The zero-order valence-electron chi connectivity index (χ0n) is 14.0. The van der Waals surface area contributed by atoms with Crippen molar-refractivity contribution in [1.29, 1.82) is 0 Å². The Bertz CT molecular complexity index is 304. The van der Waals surface area contributed by atoms with Gasteiger partial charge in [-0.3, -0.25) is 4.79 Å². The molecule has 4 nitrogen and oxygen atoms in total. The third kappa shape index (κ3) is 6.61. The molecule has 1 amide bonds. The van der Waals surface area contributed by atoms with Gasteiger partial charge in [0.25, 0.3) is 0 Å². The Morgan fingerprint density at radius 3 is 2.23 bits per heavy atom. The average Bonchev–Trinajstić information content (AvgIpc) is 2.49. The summed E-state index contributed by atoms with van der Waals surface area (Å²) in [4.78, 5) is 14.7. The summed E-state index contributed by atoms with van der Waals surface area (Å²) in [6, 6.07) is 1.21. The number of amides is 1. The topological polar surface area (TPSA) is 44.4 Å². The van der Waals surface area contributed by atoms with Crippen molar-refractivity contribution in [1.82, 2.24) is 15.5 Å². The van der Waals surface area contributed by atoms with E-state index in [1.54, 1.807) is 0 Å². The summed E-state index contributed by atoms with van der Waals surface area (Å²) < 4.78 is 0. The van der Waals surface area contributed by atoms with Crippen molar-refractivity contribution in [2.75, 3.05) is 26.7 Å². The summed E-state index contributed by atoms with van der Waals surface area (Å²) in [5.41, 5.74) is 0. The Hall–Kier alpha value is -0.0300. The molecular formula is C16H33Cl2N3O. The molecule has 0 spiro atoms. The number of nitrogens with one attached hydrogen (secondary N) is 2. The lowest BCUT2D eigenvalue weighted by Crippen LogP contribution is -2.49. The first-order valence-electron chi connectivity index (χ1n) is 8.39. The van der Waals surface area contributed by atoms with Gasteiger partial charge in [0, 0.05) is 37.6 Å². The Balaban J connectivity index is 0.00000220. The molecular weight excluding hydrogens is 321 g/mol.